The Hall–Kier alpha value is -4.12. The fraction of sp³-hybridized carbons (Fsp3) is 0.433. The van der Waals surface area contributed by atoms with E-state index >= 15 is 4.39 Å². The maximum atomic E-state index is 16.0. The highest BCUT2D eigenvalue weighted by molar-refractivity contribution is 6.05. The fourth-order valence-corrected chi connectivity index (χ4v) is 4.96. The van der Waals surface area contributed by atoms with Gasteiger partial charge in [0.15, 0.2) is 5.82 Å². The number of carbonyl (C=O) groups excluding carboxylic acids is 3. The van der Waals surface area contributed by atoms with Gasteiger partial charge in [0, 0.05) is 41.6 Å². The van der Waals surface area contributed by atoms with Crippen molar-refractivity contribution in [3.05, 3.63) is 48.2 Å². The highest BCUT2D eigenvalue weighted by Gasteiger charge is 2.59. The van der Waals surface area contributed by atoms with Gasteiger partial charge >= 0.3 is 12.1 Å². The van der Waals surface area contributed by atoms with Crippen molar-refractivity contribution in [3.8, 4) is 11.1 Å². The van der Waals surface area contributed by atoms with Crippen molar-refractivity contribution in [1.29, 1.82) is 0 Å². The van der Waals surface area contributed by atoms with Gasteiger partial charge in [-0.2, -0.15) is 0 Å². The number of nitrogens with zero attached hydrogens (tertiary/aromatic N) is 3. The number of fused-ring (bicyclic) bond motifs is 1. The van der Waals surface area contributed by atoms with E-state index in [1.54, 1.807) is 58.3 Å². The molecule has 0 spiro atoms. The van der Waals surface area contributed by atoms with Crippen LogP contribution in [0.2, 0.25) is 0 Å². The number of pyridine rings is 2. The molecule has 1 aliphatic rings. The number of anilines is 2. The Morgan fingerprint density at radius 2 is 1.80 bits per heavy atom. The molecule has 0 bridgehead atoms. The number of nitrogens with one attached hydrogen (secondary N) is 2. The van der Waals surface area contributed by atoms with Gasteiger partial charge in [0.05, 0.1) is 24.1 Å². The molecule has 0 unspecified atom stereocenters. The summed E-state index contributed by atoms with van der Waals surface area (Å²) < 4.78 is 26.5. The zero-order valence-corrected chi connectivity index (χ0v) is 24.4. The third-order valence-corrected chi connectivity index (χ3v) is 6.77. The largest absolute Gasteiger partial charge is 0.466 e. The monoisotopic (exact) mass is 565 g/mol. The molecule has 2 N–H and O–H groups in total. The molecule has 10 nitrogen and oxygen atoms in total. The minimum Gasteiger partial charge on any atom is -0.466 e. The van der Waals surface area contributed by atoms with Gasteiger partial charge in [0.2, 0.25) is 5.91 Å². The molecule has 2 amide bonds. The van der Waals surface area contributed by atoms with Gasteiger partial charge < -0.3 is 19.7 Å². The molecule has 4 rings (SSSR count). The summed E-state index contributed by atoms with van der Waals surface area (Å²) in [5, 5.41) is 6.19. The summed E-state index contributed by atoms with van der Waals surface area (Å²) in [6.07, 6.45) is 3.73. The Balaban J connectivity index is 1.71. The lowest BCUT2D eigenvalue weighted by Crippen LogP contribution is -2.27. The van der Waals surface area contributed by atoms with E-state index in [1.807, 2.05) is 25.9 Å². The minimum absolute atomic E-state index is 0.101. The van der Waals surface area contributed by atoms with E-state index in [0.717, 1.165) is 5.56 Å². The molecule has 2 aromatic heterocycles. The molecule has 0 saturated heterocycles. The SMILES string of the molecule is CCOC(=O)[C@H]1[C@H](CN(C)C)[C@@H]1C(=O)Nc1cc2cc(-c3cnccc3C)c(F)c(NC(=O)OC(C)(C)C)c2cn1. The van der Waals surface area contributed by atoms with Gasteiger partial charge in [-0.05, 0) is 83.8 Å². The Morgan fingerprint density at radius 1 is 1.07 bits per heavy atom. The van der Waals surface area contributed by atoms with Crippen molar-refractivity contribution < 1.29 is 28.2 Å². The van der Waals surface area contributed by atoms with E-state index in [0.29, 0.717) is 22.9 Å². The normalized spacial score (nSPS) is 18.2. The van der Waals surface area contributed by atoms with Gasteiger partial charge in [0.1, 0.15) is 11.4 Å². The molecule has 1 aliphatic carbocycles. The number of amides is 2. The first-order valence-corrected chi connectivity index (χ1v) is 13.5. The van der Waals surface area contributed by atoms with Crippen LogP contribution >= 0.6 is 0 Å². The Labute approximate surface area is 238 Å². The van der Waals surface area contributed by atoms with Crippen LogP contribution in [-0.4, -0.2) is 65.7 Å². The maximum absolute atomic E-state index is 16.0. The smallest absolute Gasteiger partial charge is 0.412 e. The number of carbonyl (C=O) groups is 3. The molecular formula is C30H36FN5O5. The van der Waals surface area contributed by atoms with E-state index < -0.39 is 35.3 Å². The van der Waals surface area contributed by atoms with Crippen LogP contribution in [-0.2, 0) is 19.1 Å². The molecule has 3 atom stereocenters. The molecule has 41 heavy (non-hydrogen) atoms. The summed E-state index contributed by atoms with van der Waals surface area (Å²) in [6.45, 7) is 9.48. The van der Waals surface area contributed by atoms with Gasteiger partial charge in [-0.1, -0.05) is 0 Å². The lowest BCUT2D eigenvalue weighted by atomic mass is 9.98. The van der Waals surface area contributed by atoms with Crippen LogP contribution in [0.4, 0.5) is 20.7 Å². The predicted octanol–water partition coefficient (Wildman–Crippen LogP) is 5.02. The molecule has 0 radical (unpaired) electrons. The third-order valence-electron chi connectivity index (χ3n) is 6.77. The van der Waals surface area contributed by atoms with Crippen LogP contribution in [0.5, 0.6) is 0 Å². The van der Waals surface area contributed by atoms with Crippen LogP contribution in [0, 0.1) is 30.5 Å². The molecule has 1 fully saturated rings. The zero-order valence-electron chi connectivity index (χ0n) is 24.4. The molecule has 11 heteroatoms. The summed E-state index contributed by atoms with van der Waals surface area (Å²) in [7, 11) is 3.76. The number of ether oxygens (including phenoxy) is 2. The van der Waals surface area contributed by atoms with Crippen LogP contribution in [0.25, 0.3) is 21.9 Å². The van der Waals surface area contributed by atoms with Crippen LogP contribution in [0.15, 0.2) is 36.8 Å². The van der Waals surface area contributed by atoms with E-state index in [-0.39, 0.29) is 35.5 Å². The van der Waals surface area contributed by atoms with Crippen molar-refractivity contribution in [2.45, 2.75) is 40.2 Å². The maximum Gasteiger partial charge on any atom is 0.412 e. The molecular weight excluding hydrogens is 529 g/mol. The topological polar surface area (TPSA) is 123 Å². The quantitative estimate of drug-likeness (QED) is 0.365. The summed E-state index contributed by atoms with van der Waals surface area (Å²) in [5.74, 6) is -2.44. The van der Waals surface area contributed by atoms with Gasteiger partial charge in [-0.3, -0.25) is 19.9 Å². The molecule has 2 heterocycles. The van der Waals surface area contributed by atoms with Gasteiger partial charge in [-0.15, -0.1) is 0 Å². The minimum atomic E-state index is -0.819. The van der Waals surface area contributed by atoms with E-state index in [9.17, 15) is 14.4 Å². The van der Waals surface area contributed by atoms with Crippen molar-refractivity contribution in [1.82, 2.24) is 14.9 Å². The second-order valence-electron chi connectivity index (χ2n) is 11.4. The molecule has 0 aliphatic heterocycles. The summed E-state index contributed by atoms with van der Waals surface area (Å²) >= 11 is 0. The standard InChI is InChI=1S/C30H36FN5O5/c1-8-40-28(38)24-21(15-36(6)7)23(24)27(37)34-22-12-17-11-18(19-13-32-10-9-16(19)2)25(31)26(20(17)14-33-22)35-29(39)41-30(3,4)5/h9-14,21,23-24H,8,15H2,1-7H3,(H,35,39)(H,33,34,37)/t21-,23+,24+/m1/s1. The Bertz CT molecular complexity index is 1490. The molecule has 3 aromatic rings. The van der Waals surface area contributed by atoms with Crippen molar-refractivity contribution in [2.75, 3.05) is 37.9 Å². The lowest BCUT2D eigenvalue weighted by Gasteiger charge is -2.21. The lowest BCUT2D eigenvalue weighted by molar-refractivity contribution is -0.146. The van der Waals surface area contributed by atoms with Gasteiger partial charge in [0.25, 0.3) is 0 Å². The first kappa shape index (κ1) is 29.9. The van der Waals surface area contributed by atoms with Crippen molar-refractivity contribution in [2.24, 2.45) is 17.8 Å². The number of halogens is 1. The number of aryl methyl sites for hydroxylation is 1. The number of esters is 1. The Kier molecular flexibility index (Phi) is 8.58. The van der Waals surface area contributed by atoms with Crippen molar-refractivity contribution in [3.63, 3.8) is 0 Å². The zero-order chi connectivity index (χ0) is 30.1. The van der Waals surface area contributed by atoms with E-state index in [1.165, 1.54) is 6.20 Å². The van der Waals surface area contributed by atoms with E-state index in [2.05, 4.69) is 20.6 Å². The number of hydrogen-bond donors (Lipinski definition) is 2. The molecule has 1 aromatic carbocycles. The highest BCUT2D eigenvalue weighted by Crippen LogP contribution is 2.48. The highest BCUT2D eigenvalue weighted by atomic mass is 19.1. The molecule has 218 valence electrons. The summed E-state index contributed by atoms with van der Waals surface area (Å²) in [6, 6.07) is 4.99. The van der Waals surface area contributed by atoms with Crippen LogP contribution < -0.4 is 10.6 Å². The summed E-state index contributed by atoms with van der Waals surface area (Å²) in [5.41, 5.74) is 0.653. The second-order valence-corrected chi connectivity index (χ2v) is 11.4. The summed E-state index contributed by atoms with van der Waals surface area (Å²) in [4.78, 5) is 48.7. The number of aromatic nitrogens is 2. The van der Waals surface area contributed by atoms with Crippen LogP contribution in [0.3, 0.4) is 0 Å². The number of benzene rings is 1. The van der Waals surface area contributed by atoms with Crippen molar-refractivity contribution >= 4 is 40.2 Å². The number of hydrogen-bond acceptors (Lipinski definition) is 8. The predicted molar refractivity (Wildman–Crippen MR) is 154 cm³/mol. The molecule has 1 saturated carbocycles. The number of rotatable bonds is 8. The van der Waals surface area contributed by atoms with Gasteiger partial charge in [-0.25, -0.2) is 14.2 Å². The average Bonchev–Trinajstić information content (AvgIpc) is 3.58. The van der Waals surface area contributed by atoms with E-state index in [4.69, 9.17) is 9.47 Å². The first-order valence-electron chi connectivity index (χ1n) is 13.5. The third kappa shape index (κ3) is 6.79. The van der Waals surface area contributed by atoms with Crippen LogP contribution in [0.1, 0.15) is 33.3 Å². The Morgan fingerprint density at radius 3 is 2.44 bits per heavy atom. The fourth-order valence-electron chi connectivity index (χ4n) is 4.96. The first-order chi connectivity index (χ1) is 19.3. The second kappa shape index (κ2) is 11.8. The average molecular weight is 566 g/mol.